The molecule has 0 spiro atoms. The van der Waals surface area contributed by atoms with Gasteiger partial charge in [0.1, 0.15) is 5.65 Å². The van der Waals surface area contributed by atoms with Gasteiger partial charge in [0.25, 0.3) is 0 Å². The Morgan fingerprint density at radius 3 is 2.78 bits per heavy atom. The quantitative estimate of drug-likeness (QED) is 0.630. The van der Waals surface area contributed by atoms with Crippen molar-refractivity contribution < 1.29 is 0 Å². The van der Waals surface area contributed by atoms with Gasteiger partial charge in [-0.25, -0.2) is 9.67 Å². The molecule has 0 aliphatic heterocycles. The van der Waals surface area contributed by atoms with Gasteiger partial charge in [-0.2, -0.15) is 4.98 Å². The second-order valence-electron chi connectivity index (χ2n) is 5.27. The molecule has 3 heterocycles. The Kier molecular flexibility index (Phi) is 3.27. The maximum Gasteiger partial charge on any atom is 0.221 e. The Balaban J connectivity index is 1.58. The van der Waals surface area contributed by atoms with Crippen LogP contribution in [0.3, 0.4) is 0 Å². The summed E-state index contributed by atoms with van der Waals surface area (Å²) in [6, 6.07) is 16.0. The summed E-state index contributed by atoms with van der Waals surface area (Å²) >= 11 is 0. The van der Waals surface area contributed by atoms with Crippen molar-refractivity contribution in [2.45, 2.75) is 6.54 Å². The van der Waals surface area contributed by atoms with Gasteiger partial charge in [-0.05, 0) is 12.1 Å². The first-order chi connectivity index (χ1) is 11.3. The molecule has 4 aromatic rings. The molecule has 0 amide bonds. The zero-order valence-electron chi connectivity index (χ0n) is 12.7. The first-order valence-electron chi connectivity index (χ1n) is 7.42. The number of imidazole rings is 1. The third-order valence-electron chi connectivity index (χ3n) is 3.74. The van der Waals surface area contributed by atoms with Crippen LogP contribution in [-0.2, 0) is 13.6 Å². The molecule has 3 aromatic heterocycles. The molecule has 1 aromatic carbocycles. The molecule has 6 heteroatoms. The van der Waals surface area contributed by atoms with Crippen LogP contribution in [0.5, 0.6) is 0 Å². The Labute approximate surface area is 133 Å². The molecule has 114 valence electrons. The number of nitrogens with zero attached hydrogens (tertiary/aromatic N) is 5. The molecule has 0 aliphatic rings. The van der Waals surface area contributed by atoms with E-state index in [0.29, 0.717) is 6.54 Å². The topological polar surface area (TPSA) is 60.0 Å². The molecule has 0 saturated carbocycles. The maximum absolute atomic E-state index is 4.58. The van der Waals surface area contributed by atoms with E-state index < -0.39 is 0 Å². The van der Waals surface area contributed by atoms with Crippen LogP contribution in [0, 0.1) is 0 Å². The van der Waals surface area contributed by atoms with E-state index in [2.05, 4.69) is 30.9 Å². The number of anilines is 1. The van der Waals surface area contributed by atoms with Gasteiger partial charge in [0.2, 0.25) is 5.95 Å². The van der Waals surface area contributed by atoms with Gasteiger partial charge in [0.15, 0.2) is 5.82 Å². The monoisotopic (exact) mass is 304 g/mol. The van der Waals surface area contributed by atoms with Crippen molar-refractivity contribution in [2.75, 3.05) is 5.32 Å². The molecule has 0 atom stereocenters. The van der Waals surface area contributed by atoms with Crippen LogP contribution in [0.2, 0.25) is 0 Å². The van der Waals surface area contributed by atoms with Crippen LogP contribution >= 0.6 is 0 Å². The Morgan fingerprint density at radius 2 is 1.91 bits per heavy atom. The molecular formula is C17H16N6. The number of hydrogen-bond acceptors (Lipinski definition) is 4. The Morgan fingerprint density at radius 1 is 1.04 bits per heavy atom. The lowest BCUT2D eigenvalue weighted by molar-refractivity contribution is 0.767. The molecule has 0 aliphatic carbocycles. The summed E-state index contributed by atoms with van der Waals surface area (Å²) in [5.74, 6) is 1.46. The Bertz CT molecular complexity index is 938. The summed E-state index contributed by atoms with van der Waals surface area (Å²) in [6.07, 6.45) is 3.76. The number of aromatic nitrogens is 5. The van der Waals surface area contributed by atoms with E-state index in [1.807, 2.05) is 55.7 Å². The SMILES string of the molecule is Cn1nc(-c2ccccc2)nc1NCc1cccc2nccn12. The lowest BCUT2D eigenvalue weighted by Crippen LogP contribution is -2.08. The largest absolute Gasteiger partial charge is 0.349 e. The van der Waals surface area contributed by atoms with Gasteiger partial charge < -0.3 is 9.72 Å². The summed E-state index contributed by atoms with van der Waals surface area (Å²) in [6.45, 7) is 0.647. The van der Waals surface area contributed by atoms with Crippen molar-refractivity contribution in [3.05, 3.63) is 66.6 Å². The highest BCUT2D eigenvalue weighted by Crippen LogP contribution is 2.17. The van der Waals surface area contributed by atoms with Crippen LogP contribution in [-0.4, -0.2) is 24.1 Å². The molecule has 0 saturated heterocycles. The van der Waals surface area contributed by atoms with E-state index in [0.717, 1.165) is 28.7 Å². The van der Waals surface area contributed by atoms with E-state index >= 15 is 0 Å². The molecular weight excluding hydrogens is 288 g/mol. The summed E-state index contributed by atoms with van der Waals surface area (Å²) < 4.78 is 3.82. The fourth-order valence-corrected chi connectivity index (χ4v) is 2.57. The van der Waals surface area contributed by atoms with Crippen LogP contribution in [0.15, 0.2) is 60.9 Å². The van der Waals surface area contributed by atoms with E-state index in [-0.39, 0.29) is 0 Å². The van der Waals surface area contributed by atoms with Gasteiger partial charge in [-0.15, -0.1) is 5.10 Å². The van der Waals surface area contributed by atoms with Gasteiger partial charge in [0.05, 0.1) is 6.54 Å². The highest BCUT2D eigenvalue weighted by molar-refractivity contribution is 5.56. The number of aryl methyl sites for hydroxylation is 1. The van der Waals surface area contributed by atoms with Gasteiger partial charge in [-0.1, -0.05) is 36.4 Å². The zero-order chi connectivity index (χ0) is 15.6. The second kappa shape index (κ2) is 5.57. The van der Waals surface area contributed by atoms with Gasteiger partial charge >= 0.3 is 0 Å². The van der Waals surface area contributed by atoms with Crippen molar-refractivity contribution >= 4 is 11.6 Å². The number of benzene rings is 1. The number of hydrogen-bond donors (Lipinski definition) is 1. The minimum absolute atomic E-state index is 0.647. The third-order valence-corrected chi connectivity index (χ3v) is 3.74. The Hall–Kier alpha value is -3.15. The predicted molar refractivity (Wildman–Crippen MR) is 89.0 cm³/mol. The molecule has 23 heavy (non-hydrogen) atoms. The molecule has 1 N–H and O–H groups in total. The first kappa shape index (κ1) is 13.5. The predicted octanol–water partition coefficient (Wildman–Crippen LogP) is 2.74. The molecule has 4 rings (SSSR count). The molecule has 0 fully saturated rings. The fraction of sp³-hybridized carbons (Fsp3) is 0.118. The average Bonchev–Trinajstić information content (AvgIpc) is 3.20. The van der Waals surface area contributed by atoms with Gasteiger partial charge in [-0.3, -0.25) is 0 Å². The van der Waals surface area contributed by atoms with Crippen molar-refractivity contribution in [1.82, 2.24) is 24.1 Å². The van der Waals surface area contributed by atoms with Crippen LogP contribution in [0.4, 0.5) is 5.95 Å². The minimum Gasteiger partial charge on any atom is -0.349 e. The molecule has 0 radical (unpaired) electrons. The number of rotatable bonds is 4. The summed E-state index contributed by atoms with van der Waals surface area (Å²) in [5, 5.41) is 7.81. The molecule has 0 unspecified atom stereocenters. The summed E-state index contributed by atoms with van der Waals surface area (Å²) in [5.41, 5.74) is 3.06. The zero-order valence-corrected chi connectivity index (χ0v) is 12.7. The van der Waals surface area contributed by atoms with E-state index in [1.54, 1.807) is 10.9 Å². The third kappa shape index (κ3) is 2.55. The van der Waals surface area contributed by atoms with Crippen molar-refractivity contribution in [1.29, 1.82) is 0 Å². The lowest BCUT2D eigenvalue weighted by atomic mass is 10.2. The smallest absolute Gasteiger partial charge is 0.221 e. The van der Waals surface area contributed by atoms with Crippen molar-refractivity contribution in [3.8, 4) is 11.4 Å². The van der Waals surface area contributed by atoms with Gasteiger partial charge in [0, 0.05) is 30.7 Å². The number of nitrogens with one attached hydrogen (secondary N) is 1. The van der Waals surface area contributed by atoms with Crippen LogP contribution < -0.4 is 5.32 Å². The summed E-state index contributed by atoms with van der Waals surface area (Å²) in [7, 11) is 1.89. The normalized spacial score (nSPS) is 11.0. The van der Waals surface area contributed by atoms with Crippen LogP contribution in [0.25, 0.3) is 17.0 Å². The van der Waals surface area contributed by atoms with E-state index in [9.17, 15) is 0 Å². The molecule has 6 nitrogen and oxygen atoms in total. The second-order valence-corrected chi connectivity index (χ2v) is 5.27. The lowest BCUT2D eigenvalue weighted by Gasteiger charge is -2.07. The minimum atomic E-state index is 0.647. The first-order valence-corrected chi connectivity index (χ1v) is 7.42. The van der Waals surface area contributed by atoms with Crippen molar-refractivity contribution in [3.63, 3.8) is 0 Å². The molecule has 0 bridgehead atoms. The van der Waals surface area contributed by atoms with E-state index in [1.165, 1.54) is 0 Å². The standard InChI is InChI=1S/C17H16N6/c1-22-17(20-16(21-22)13-6-3-2-4-7-13)19-12-14-8-5-9-15-18-10-11-23(14)15/h2-11H,12H2,1H3,(H,19,20,21). The van der Waals surface area contributed by atoms with E-state index in [4.69, 9.17) is 0 Å². The number of fused-ring (bicyclic) bond motifs is 1. The highest BCUT2D eigenvalue weighted by atomic mass is 15.4. The highest BCUT2D eigenvalue weighted by Gasteiger charge is 2.09. The fourth-order valence-electron chi connectivity index (χ4n) is 2.57. The number of pyridine rings is 1. The van der Waals surface area contributed by atoms with Crippen molar-refractivity contribution in [2.24, 2.45) is 7.05 Å². The van der Waals surface area contributed by atoms with Crippen LogP contribution in [0.1, 0.15) is 5.69 Å². The average molecular weight is 304 g/mol. The summed E-state index contributed by atoms with van der Waals surface area (Å²) in [4.78, 5) is 8.88. The maximum atomic E-state index is 4.58.